The van der Waals surface area contributed by atoms with Crippen molar-refractivity contribution in [3.05, 3.63) is 78.9 Å². The van der Waals surface area contributed by atoms with Crippen LogP contribution in [0.25, 0.3) is 10.8 Å². The minimum atomic E-state index is 0. The second-order valence-electron chi connectivity index (χ2n) is 4.29. The Hall–Kier alpha value is -0.656. The zero-order chi connectivity index (χ0) is 12.6. The van der Waals surface area contributed by atoms with Gasteiger partial charge >= 0.3 is 21.7 Å². The average molecular weight is 353 g/mol. The molecule has 0 spiro atoms. The van der Waals surface area contributed by atoms with E-state index in [9.17, 15) is 0 Å². The molecule has 0 fully saturated rings. The molecule has 3 heteroatoms. The van der Waals surface area contributed by atoms with Gasteiger partial charge in [0.15, 0.2) is 0 Å². The summed E-state index contributed by atoms with van der Waals surface area (Å²) in [7, 11) is 0. The largest absolute Gasteiger partial charge is 4.00 e. The fourth-order valence-corrected chi connectivity index (χ4v) is 1.95. The third-order valence-electron chi connectivity index (χ3n) is 2.93. The van der Waals surface area contributed by atoms with E-state index in [4.69, 9.17) is 0 Å². The Labute approximate surface area is 155 Å². The van der Waals surface area contributed by atoms with Crippen molar-refractivity contribution in [2.45, 2.75) is 19.3 Å². The van der Waals surface area contributed by atoms with Crippen molar-refractivity contribution >= 4 is 10.8 Å². The maximum absolute atomic E-state index is 3.66. The molecule has 3 rings (SSSR count). The van der Waals surface area contributed by atoms with Crippen molar-refractivity contribution in [1.29, 1.82) is 0 Å². The van der Waals surface area contributed by atoms with Crippen LogP contribution in [0.5, 0.6) is 0 Å². The molecule has 0 atom stereocenters. The second kappa shape index (κ2) is 13.0. The number of benzene rings is 1. The smallest absolute Gasteiger partial charge is 1.00 e. The van der Waals surface area contributed by atoms with Gasteiger partial charge in [0.25, 0.3) is 0 Å². The third kappa shape index (κ3) is 7.78. The first-order valence-electron chi connectivity index (χ1n) is 6.38. The van der Waals surface area contributed by atoms with Gasteiger partial charge in [-0.2, -0.15) is 23.6 Å². The molecule has 0 saturated carbocycles. The minimum Gasteiger partial charge on any atom is -1.00 e. The minimum absolute atomic E-state index is 0. The number of hydrogen-bond donors (Lipinski definition) is 0. The Bertz CT molecular complexity index is 537. The Morgan fingerprint density at radius 3 is 2.57 bits per heavy atom. The molecule has 0 saturated heterocycles. The van der Waals surface area contributed by atoms with Crippen LogP contribution in [-0.2, 0) is 21.7 Å². The van der Waals surface area contributed by atoms with Crippen molar-refractivity contribution in [1.82, 2.24) is 0 Å². The Morgan fingerprint density at radius 1 is 1.19 bits per heavy atom. The van der Waals surface area contributed by atoms with Crippen LogP contribution in [-0.4, -0.2) is 0 Å². The van der Waals surface area contributed by atoms with Crippen molar-refractivity contribution in [3.63, 3.8) is 0 Å². The molecular weight excluding hydrogens is 335 g/mol. The van der Waals surface area contributed by atoms with Crippen LogP contribution in [0.3, 0.4) is 0 Å². The second-order valence-corrected chi connectivity index (χ2v) is 4.29. The van der Waals surface area contributed by atoms with E-state index >= 15 is 0 Å². The molecule has 21 heavy (non-hydrogen) atoms. The molecule has 0 amide bonds. The van der Waals surface area contributed by atoms with Gasteiger partial charge in [-0.3, -0.25) is 6.08 Å². The van der Waals surface area contributed by atoms with Crippen molar-refractivity contribution < 1.29 is 46.5 Å². The molecule has 0 unspecified atom stereocenters. The van der Waals surface area contributed by atoms with Gasteiger partial charge in [-0.1, -0.05) is 18.6 Å². The molecule has 2 aromatic carbocycles. The SMILES string of the molecule is C=CCCC1=[C-]CC=C1.[Cl-].[Cl-].[Ti+4].c1ccc2[cH-]ccc2c1. The summed E-state index contributed by atoms with van der Waals surface area (Å²) in [4.78, 5) is 0. The van der Waals surface area contributed by atoms with E-state index in [0.717, 1.165) is 19.3 Å². The molecule has 1 aliphatic carbocycles. The predicted octanol–water partition coefficient (Wildman–Crippen LogP) is -0.794. The van der Waals surface area contributed by atoms with Crippen LogP contribution >= 0.6 is 0 Å². The first-order valence-corrected chi connectivity index (χ1v) is 6.38. The maximum Gasteiger partial charge on any atom is 4.00 e. The molecule has 0 bridgehead atoms. The monoisotopic (exact) mass is 352 g/mol. The maximum atomic E-state index is 3.66. The summed E-state index contributed by atoms with van der Waals surface area (Å²) in [6.07, 6.45) is 12.7. The summed E-state index contributed by atoms with van der Waals surface area (Å²) >= 11 is 0. The summed E-state index contributed by atoms with van der Waals surface area (Å²) in [5.74, 6) is 0. The summed E-state index contributed by atoms with van der Waals surface area (Å²) in [6, 6.07) is 14.7. The first-order chi connectivity index (χ1) is 8.90. The molecule has 0 N–H and O–H groups in total. The number of fused-ring (bicyclic) bond motifs is 1. The predicted molar refractivity (Wildman–Crippen MR) is 79.5 cm³/mol. The number of hydrogen-bond acceptors (Lipinski definition) is 0. The summed E-state index contributed by atoms with van der Waals surface area (Å²) in [5.41, 5.74) is 1.34. The summed E-state index contributed by atoms with van der Waals surface area (Å²) < 4.78 is 0. The molecule has 0 aliphatic heterocycles. The van der Waals surface area contributed by atoms with Gasteiger partial charge in [-0.05, 0) is 6.42 Å². The molecule has 1 aliphatic rings. The van der Waals surface area contributed by atoms with Gasteiger partial charge < -0.3 is 24.8 Å². The molecule has 0 nitrogen and oxygen atoms in total. The van der Waals surface area contributed by atoms with Crippen LogP contribution in [0.2, 0.25) is 0 Å². The normalized spacial score (nSPS) is 11.1. The quantitative estimate of drug-likeness (QED) is 0.386. The molecule has 0 radical (unpaired) electrons. The van der Waals surface area contributed by atoms with E-state index in [1.165, 1.54) is 16.3 Å². The molecule has 108 valence electrons. The number of allylic oxidation sites excluding steroid dienone is 5. The Morgan fingerprint density at radius 2 is 1.95 bits per heavy atom. The van der Waals surface area contributed by atoms with Gasteiger partial charge in [-0.15, -0.1) is 42.7 Å². The van der Waals surface area contributed by atoms with E-state index in [0.29, 0.717) is 0 Å². The zero-order valence-corrected chi connectivity index (χ0v) is 14.9. The van der Waals surface area contributed by atoms with Crippen LogP contribution in [0.1, 0.15) is 19.3 Å². The van der Waals surface area contributed by atoms with Crippen molar-refractivity contribution in [2.24, 2.45) is 0 Å². The summed E-state index contributed by atoms with van der Waals surface area (Å²) in [6.45, 7) is 3.66. The van der Waals surface area contributed by atoms with E-state index in [2.05, 4.69) is 67.3 Å². The molecule has 0 aromatic heterocycles. The molecular formula is C18H18Cl2Ti. The van der Waals surface area contributed by atoms with Gasteiger partial charge in [0.2, 0.25) is 0 Å². The van der Waals surface area contributed by atoms with E-state index in [1.54, 1.807) is 0 Å². The van der Waals surface area contributed by atoms with E-state index in [-0.39, 0.29) is 46.5 Å². The Kier molecular flexibility index (Phi) is 14.0. The first kappa shape index (κ1) is 22.6. The van der Waals surface area contributed by atoms with Crippen molar-refractivity contribution in [3.8, 4) is 0 Å². The standard InChI is InChI=1S/C9H7.C9H11.2ClH.Ti/c1-2-5-9-7-3-6-8(9)4-1;1-2-3-6-9-7-4-5-8-9;;;/h1-7H;2,4,7H,1,3,5-6H2;2*1H;/q2*-1;;;+4/p-2. The fourth-order valence-electron chi connectivity index (χ4n) is 1.95. The van der Waals surface area contributed by atoms with Crippen LogP contribution in [0, 0.1) is 6.08 Å². The van der Waals surface area contributed by atoms with Crippen LogP contribution in [0.15, 0.2) is 72.8 Å². The van der Waals surface area contributed by atoms with E-state index in [1.807, 2.05) is 6.08 Å². The number of rotatable bonds is 3. The van der Waals surface area contributed by atoms with Crippen LogP contribution < -0.4 is 24.8 Å². The zero-order valence-electron chi connectivity index (χ0n) is 11.9. The fraction of sp³-hybridized carbons (Fsp3) is 0.167. The topological polar surface area (TPSA) is 0 Å². The van der Waals surface area contributed by atoms with Gasteiger partial charge in [0, 0.05) is 0 Å². The molecule has 0 heterocycles. The summed E-state index contributed by atoms with van der Waals surface area (Å²) in [5, 5.41) is 2.66. The number of halogens is 2. The molecule has 2 aromatic rings. The van der Waals surface area contributed by atoms with Gasteiger partial charge in [0.05, 0.1) is 0 Å². The van der Waals surface area contributed by atoms with E-state index < -0.39 is 0 Å². The Balaban J connectivity index is 0. The van der Waals surface area contributed by atoms with Gasteiger partial charge in [0.1, 0.15) is 0 Å². The van der Waals surface area contributed by atoms with Crippen molar-refractivity contribution in [2.75, 3.05) is 0 Å². The van der Waals surface area contributed by atoms with Gasteiger partial charge in [-0.25, -0.2) is 11.6 Å². The van der Waals surface area contributed by atoms with Crippen LogP contribution in [0.4, 0.5) is 0 Å². The average Bonchev–Trinajstić information content (AvgIpc) is 3.08. The third-order valence-corrected chi connectivity index (χ3v) is 2.93.